The van der Waals surface area contributed by atoms with E-state index in [1.807, 2.05) is 76.2 Å². The van der Waals surface area contributed by atoms with E-state index in [2.05, 4.69) is 9.47 Å². The van der Waals surface area contributed by atoms with Crippen LogP contribution in [0.2, 0.25) is 0 Å². The maximum atomic E-state index is 14.4. The van der Waals surface area contributed by atoms with Crippen LogP contribution < -0.4 is 0 Å². The predicted molar refractivity (Wildman–Crippen MR) is 462 cm³/mol. The van der Waals surface area contributed by atoms with Gasteiger partial charge in [0, 0.05) is 82.0 Å². The second-order valence-electron chi connectivity index (χ2n) is 46.7. The maximum Gasteiger partial charge on any atom is 0.429 e. The van der Waals surface area contributed by atoms with Crippen molar-refractivity contribution in [3.05, 3.63) is 0 Å². The molecule has 17 rings (SSSR count). The van der Waals surface area contributed by atoms with Crippen molar-refractivity contribution in [2.24, 2.45) is 93.2 Å². The fourth-order valence-electron chi connectivity index (χ4n) is 25.8. The number of halogens is 25. The van der Waals surface area contributed by atoms with Gasteiger partial charge in [-0.1, -0.05) is 68.7 Å². The van der Waals surface area contributed by atoms with Gasteiger partial charge >= 0.3 is 85.2 Å². The number of ether oxygens (including phenoxy) is 6. The zero-order chi connectivity index (χ0) is 111. The molecule has 0 aliphatic heterocycles. The van der Waals surface area contributed by atoms with Crippen molar-refractivity contribution in [3.63, 3.8) is 0 Å². The van der Waals surface area contributed by atoms with E-state index in [9.17, 15) is 184 Å². The normalized spacial score (nSPS) is 35.3. The van der Waals surface area contributed by atoms with E-state index in [4.69, 9.17) is 24.1 Å². The molecule has 0 aromatic carbocycles. The lowest BCUT2D eigenvalue weighted by atomic mass is 9.48. The smallest absolute Gasteiger partial charge is 0.429 e. The molecule has 17 aliphatic carbocycles. The maximum absolute atomic E-state index is 14.4. The van der Waals surface area contributed by atoms with E-state index in [0.717, 1.165) is 70.6 Å². The first-order valence-electron chi connectivity index (χ1n) is 49.2. The van der Waals surface area contributed by atoms with Gasteiger partial charge in [-0.05, 0) is 237 Å². The van der Waals surface area contributed by atoms with Crippen molar-refractivity contribution < 1.29 is 218 Å². The highest BCUT2D eigenvalue weighted by Crippen LogP contribution is 2.69. The number of fused-ring (bicyclic) bond motifs is 4. The van der Waals surface area contributed by atoms with Gasteiger partial charge in [0.15, 0.2) is 5.67 Å². The largest absolute Gasteiger partial charge is 0.469 e. The number of rotatable bonds is 20. The molecule has 17 saturated carbocycles. The molecule has 0 heterocycles. The van der Waals surface area contributed by atoms with Crippen molar-refractivity contribution in [2.45, 2.75) is 463 Å². The summed E-state index contributed by atoms with van der Waals surface area (Å²) >= 11 is 0. The molecule has 10 N–H and O–H groups in total. The Morgan fingerprint density at radius 1 is 0.319 bits per heavy atom. The van der Waals surface area contributed by atoms with Gasteiger partial charge in [0.2, 0.25) is 0 Å². The van der Waals surface area contributed by atoms with E-state index >= 15 is 0 Å². The molecule has 144 heavy (non-hydrogen) atoms. The van der Waals surface area contributed by atoms with Crippen LogP contribution in [0.1, 0.15) is 329 Å². The van der Waals surface area contributed by atoms with Crippen molar-refractivity contribution in [1.29, 1.82) is 0 Å². The highest BCUT2D eigenvalue weighted by atomic mass is 19.4. The Morgan fingerprint density at radius 2 is 0.632 bits per heavy atom. The second kappa shape index (κ2) is 42.6. The van der Waals surface area contributed by atoms with Gasteiger partial charge in [-0.15, -0.1) is 0 Å². The molecule has 17 aliphatic rings. The lowest BCUT2D eigenvalue weighted by Crippen LogP contribution is -2.72. The fraction of sp³-hybridized carbons (Fsp3) is 0.938. The van der Waals surface area contributed by atoms with Crippen LogP contribution in [-0.2, 0) is 57.2 Å². The van der Waals surface area contributed by atoms with E-state index in [1.165, 1.54) is 41.4 Å². The van der Waals surface area contributed by atoms with E-state index in [-0.39, 0.29) is 121 Å². The van der Waals surface area contributed by atoms with E-state index in [1.54, 1.807) is 6.92 Å². The third-order valence-electron chi connectivity index (χ3n) is 33.7. The van der Waals surface area contributed by atoms with Gasteiger partial charge in [0.1, 0.15) is 22.9 Å². The number of hydrogen-bond donors (Lipinski definition) is 10. The monoisotopic (exact) mass is 2140 g/mol. The number of carbonyl (C=O) groups excluding carboxylic acids is 6. The van der Waals surface area contributed by atoms with Crippen LogP contribution in [0.5, 0.6) is 0 Å². The third-order valence-corrected chi connectivity index (χ3v) is 33.7. The van der Waals surface area contributed by atoms with Crippen molar-refractivity contribution in [2.75, 3.05) is 14.2 Å². The molecule has 0 spiro atoms. The quantitative estimate of drug-likeness (QED) is 0.0307. The number of esters is 6. The van der Waals surface area contributed by atoms with Crippen molar-refractivity contribution in [3.8, 4) is 0 Å². The first kappa shape index (κ1) is 126. The lowest BCUT2D eigenvalue weighted by molar-refractivity contribution is -0.408. The topological polar surface area (TPSA) is 360 Å². The molecular formula is C97H145F25O22. The Labute approximate surface area is 820 Å². The van der Waals surface area contributed by atoms with Crippen LogP contribution in [0.15, 0.2) is 0 Å². The second-order valence-corrected chi connectivity index (χ2v) is 46.7. The SMILES string of the molecule is CCC(C)(C)C(=O)OC.CCC(C)(C)C(=O)OC.CCC(C)(C)C(=O)OC1CC(C(O)(C(F)(F)F)C(F)(F)F)CC(C(O)(C(F)(F)F)C(F)(F)F)C1.CCC(C)C(=O)OC12CC3(O)CC(O)(CC(O)(C3)C1)C2.CCC(C)C(=O)OC12CC3CC(CC(O)(C3)C1)C2.CCC(C)C(=O)OC12CC3CC(O)(CC(O)(C3)C1)C2.OC(C(F)(F)F)(C(F)(F)F)C1(F)CC2CCC1C2.OC(C1CC2CCC1C2)(C(F)(F)F)C(F)(F)F. The van der Waals surface area contributed by atoms with Gasteiger partial charge in [-0.2, -0.15) is 105 Å². The van der Waals surface area contributed by atoms with E-state index in [0.29, 0.717) is 88.9 Å². The molecule has 17 fully saturated rings. The van der Waals surface area contributed by atoms with Crippen molar-refractivity contribution in [1.82, 2.24) is 0 Å². The summed E-state index contributed by atoms with van der Waals surface area (Å²) in [6.45, 7) is 26.7. The molecule has 0 saturated heterocycles. The van der Waals surface area contributed by atoms with Crippen molar-refractivity contribution >= 4 is 35.8 Å². The minimum Gasteiger partial charge on any atom is -0.469 e. The molecule has 0 amide bonds. The number of alkyl halides is 25. The minimum absolute atomic E-state index is 0.0184. The highest BCUT2D eigenvalue weighted by molar-refractivity contribution is 5.77. The summed E-state index contributed by atoms with van der Waals surface area (Å²) in [5.74, 6) is -12.2. The zero-order valence-electron chi connectivity index (χ0n) is 84.2. The zero-order valence-corrected chi connectivity index (χ0v) is 84.2. The molecule has 22 nitrogen and oxygen atoms in total. The predicted octanol–water partition coefficient (Wildman–Crippen LogP) is 20.6. The number of methoxy groups -OCH3 is 2. The van der Waals surface area contributed by atoms with Gasteiger partial charge in [0.05, 0.1) is 81.8 Å². The van der Waals surface area contributed by atoms with Gasteiger partial charge in [-0.25, -0.2) is 4.39 Å². The van der Waals surface area contributed by atoms with Crippen LogP contribution in [0.3, 0.4) is 0 Å². The minimum atomic E-state index is -6.58. The van der Waals surface area contributed by atoms with Crippen LogP contribution in [-0.4, -0.2) is 235 Å². The molecule has 840 valence electrons. The Bertz CT molecular complexity index is 4170. The Morgan fingerprint density at radius 3 is 0.910 bits per heavy atom. The Balaban J connectivity index is 0.000000230. The van der Waals surface area contributed by atoms with E-state index < -0.39 is 201 Å². The summed E-state index contributed by atoms with van der Waals surface area (Å²) in [4.78, 5) is 70.2. The van der Waals surface area contributed by atoms with Crippen LogP contribution in [0, 0.1) is 93.2 Å². The van der Waals surface area contributed by atoms with Crippen LogP contribution in [0.4, 0.5) is 110 Å². The summed E-state index contributed by atoms with van der Waals surface area (Å²) in [5.41, 5.74) is -34.5. The summed E-state index contributed by atoms with van der Waals surface area (Å²) < 4.78 is 357. The number of aliphatic hydroxyl groups is 10. The summed E-state index contributed by atoms with van der Waals surface area (Å²) in [5, 5.41) is 101. The molecule has 0 aromatic heterocycles. The number of hydrogen-bond acceptors (Lipinski definition) is 22. The molecule has 0 aromatic rings. The summed E-state index contributed by atoms with van der Waals surface area (Å²) in [6, 6.07) is 0. The molecule has 15 atom stereocenters. The van der Waals surface area contributed by atoms with Gasteiger partial charge in [0.25, 0.3) is 22.4 Å². The first-order valence-corrected chi connectivity index (χ1v) is 49.2. The lowest BCUT2D eigenvalue weighted by Gasteiger charge is -2.65. The molecule has 47 heteroatoms. The Hall–Kier alpha value is -5.33. The van der Waals surface area contributed by atoms with Crippen LogP contribution in [0.25, 0.3) is 0 Å². The average molecular weight is 2140 g/mol. The third kappa shape index (κ3) is 26.2. The summed E-state index contributed by atoms with van der Waals surface area (Å²) in [7, 11) is 2.83. The first-order chi connectivity index (χ1) is 64.7. The Kier molecular flexibility index (Phi) is 37.2. The fourth-order valence-corrected chi connectivity index (χ4v) is 25.8. The average Bonchev–Trinajstić information content (AvgIpc) is 1.50. The summed E-state index contributed by atoms with van der Waals surface area (Å²) in [6.07, 6.45) is -41.6. The van der Waals surface area contributed by atoms with Gasteiger partial charge < -0.3 is 79.5 Å². The molecule has 16 bridgehead atoms. The molecule has 0 radical (unpaired) electrons. The number of carbonyl (C=O) groups is 6. The standard InChI is InChI=1S/C18H22F12O4.C15H24O5.C15H24O4.C15H24O3.C10H11F7O.C10H12F6O.2C7H14O2/c1-4-12(2,3)11(31)34-10-6-8(13(32,15(19,20)21)16(22,23)24)5-9(7-10)14(33,17(25,26)27)18(28,29)30;1-3-10(2)11(16)20-15-7-12(17)4-13(18,8-15)6-14(19,5-12)9-15;1-3-10(2)12(16)19-15-6-11-4-13(17,8-15)7-14(18,5-11)9-15;1-3-10(2)13(16)18-15-7-11-4-12(8-15)6-14(17,5-11)9-15;11-7(4-5-1-2-6(7)3-5)8(18,9(12,13)14)10(15,16)17;11-9(12,13)8(17,10(14,15)16)7-4-5-1-2-6(7)3-5;2*1-5-7(2,3)6(8)9-4/h8-10,32-33H,4-7H2,1-3H3;10,17-19H,3-9H2,1-2H3;10-11,17-18H,3-9H2,1-2H3;10-12,17H,3-9H2,1-2H3;5-6,18H,1-4H2;5-7,17H,1-4H2;2*5H2,1-4H3. The van der Waals surface area contributed by atoms with Gasteiger partial charge in [-0.3, -0.25) is 28.8 Å². The highest BCUT2D eigenvalue weighted by Gasteiger charge is 2.85. The molecule has 15 unspecified atom stereocenters. The van der Waals surface area contributed by atoms with Crippen LogP contribution >= 0.6 is 0 Å². The molecular weight excluding hydrogens is 1990 g/mol.